The molecule has 7 nitrogen and oxygen atoms in total. The number of aromatic nitrogens is 3. The molecule has 1 amide bonds. The maximum Gasteiger partial charge on any atom is 0.256 e. The molecule has 6 rings (SSSR count). The summed E-state index contributed by atoms with van der Waals surface area (Å²) in [5.41, 5.74) is 8.63. The van der Waals surface area contributed by atoms with Crippen molar-refractivity contribution >= 4 is 16.9 Å². The lowest BCUT2D eigenvalue weighted by molar-refractivity contribution is -0.141. The van der Waals surface area contributed by atoms with Crippen molar-refractivity contribution in [3.8, 4) is 11.1 Å². The third-order valence-corrected chi connectivity index (χ3v) is 7.43. The van der Waals surface area contributed by atoms with Crippen LogP contribution in [0.2, 0.25) is 0 Å². The second kappa shape index (κ2) is 8.91. The molecular formula is C28H29N5O2. The monoisotopic (exact) mass is 467 g/mol. The lowest BCUT2D eigenvalue weighted by Crippen LogP contribution is -2.39. The first-order chi connectivity index (χ1) is 17.1. The van der Waals surface area contributed by atoms with Gasteiger partial charge in [0, 0.05) is 60.4 Å². The van der Waals surface area contributed by atoms with Crippen LogP contribution in [0.5, 0.6) is 0 Å². The molecule has 0 bridgehead atoms. The molecule has 178 valence electrons. The molecule has 0 unspecified atom stereocenters. The van der Waals surface area contributed by atoms with Crippen LogP contribution in [0.25, 0.3) is 22.2 Å². The quantitative estimate of drug-likeness (QED) is 0.422. The van der Waals surface area contributed by atoms with Crippen molar-refractivity contribution in [2.45, 2.75) is 44.9 Å². The Hall–Kier alpha value is -3.55. The van der Waals surface area contributed by atoms with Crippen molar-refractivity contribution in [2.24, 2.45) is 0 Å². The minimum Gasteiger partial charge on any atom is -0.378 e. The van der Waals surface area contributed by atoms with Crippen LogP contribution in [0, 0.1) is 6.92 Å². The first-order valence-electron chi connectivity index (χ1n) is 12.3. The summed E-state index contributed by atoms with van der Waals surface area (Å²) in [6.45, 7) is 4.19. The molecule has 2 atom stereocenters. The van der Waals surface area contributed by atoms with Crippen LogP contribution in [0.3, 0.4) is 0 Å². The Bertz CT molecular complexity index is 1390. The molecule has 1 aromatic carbocycles. The summed E-state index contributed by atoms with van der Waals surface area (Å²) in [6, 6.07) is 10.5. The number of rotatable bonds is 4. The molecule has 35 heavy (non-hydrogen) atoms. The minimum absolute atomic E-state index is 0.268. The third-order valence-electron chi connectivity index (χ3n) is 7.43. The molecular weight excluding hydrogens is 438 g/mol. The third kappa shape index (κ3) is 4.00. The van der Waals surface area contributed by atoms with Gasteiger partial charge in [-0.1, -0.05) is 12.1 Å². The maximum atomic E-state index is 13.2. The molecule has 0 saturated carbocycles. The van der Waals surface area contributed by atoms with Gasteiger partial charge in [-0.3, -0.25) is 9.78 Å². The highest BCUT2D eigenvalue weighted by molar-refractivity contribution is 5.85. The van der Waals surface area contributed by atoms with Crippen LogP contribution in [-0.4, -0.2) is 44.0 Å². The summed E-state index contributed by atoms with van der Waals surface area (Å²) < 4.78 is 0. The summed E-state index contributed by atoms with van der Waals surface area (Å²) in [6.07, 6.45) is 8.91. The number of pyridine rings is 2. The highest BCUT2D eigenvalue weighted by Crippen LogP contribution is 2.36. The predicted molar refractivity (Wildman–Crippen MR) is 135 cm³/mol. The fourth-order valence-electron chi connectivity index (χ4n) is 5.46. The van der Waals surface area contributed by atoms with E-state index in [0.717, 1.165) is 48.0 Å². The second-order valence-electron chi connectivity index (χ2n) is 9.64. The van der Waals surface area contributed by atoms with Crippen LogP contribution < -0.4 is 5.32 Å². The predicted octanol–water partition coefficient (Wildman–Crippen LogP) is 3.98. The summed E-state index contributed by atoms with van der Waals surface area (Å²) in [5.74, 6) is -0.268. The fraction of sp³-hybridized carbons (Fsp3) is 0.321. The molecule has 3 N–H and O–H groups in total. The number of nitrogens with zero attached hydrogens (tertiary/aromatic N) is 3. The van der Waals surface area contributed by atoms with Crippen molar-refractivity contribution in [3.05, 3.63) is 82.9 Å². The average Bonchev–Trinajstić information content (AvgIpc) is 3.57. The van der Waals surface area contributed by atoms with Gasteiger partial charge in [0.05, 0.1) is 0 Å². The maximum absolute atomic E-state index is 13.2. The number of aliphatic hydroxyl groups excluding tert-OH is 1. The molecule has 0 spiro atoms. The average molecular weight is 468 g/mol. The smallest absolute Gasteiger partial charge is 0.256 e. The number of nitrogens with one attached hydrogen (secondary N) is 2. The Morgan fingerprint density at radius 3 is 2.94 bits per heavy atom. The number of benzene rings is 1. The Morgan fingerprint density at radius 1 is 1.23 bits per heavy atom. The van der Waals surface area contributed by atoms with Gasteiger partial charge < -0.3 is 20.3 Å². The van der Waals surface area contributed by atoms with E-state index in [1.54, 1.807) is 29.4 Å². The minimum atomic E-state index is -1.19. The van der Waals surface area contributed by atoms with E-state index in [1.807, 2.05) is 12.4 Å². The number of H-pyrrole nitrogens is 1. The van der Waals surface area contributed by atoms with Crippen molar-refractivity contribution in [3.63, 3.8) is 0 Å². The van der Waals surface area contributed by atoms with E-state index in [4.69, 9.17) is 0 Å². The topological polar surface area (TPSA) is 94.1 Å². The first kappa shape index (κ1) is 21.9. The molecule has 4 aromatic rings. The van der Waals surface area contributed by atoms with Crippen molar-refractivity contribution in [1.29, 1.82) is 0 Å². The SMILES string of the molecule is Cc1c[nH]c2ncc(-c3cc4c(c([C@@H]5CCCN5)c3)CN(C(=O)[C@H](O)c3cccnc3)CC4)cc12. The van der Waals surface area contributed by atoms with Crippen LogP contribution >= 0.6 is 0 Å². The number of hydrogen-bond acceptors (Lipinski definition) is 5. The molecule has 0 aliphatic carbocycles. The van der Waals surface area contributed by atoms with E-state index < -0.39 is 6.10 Å². The molecule has 0 radical (unpaired) electrons. The first-order valence-corrected chi connectivity index (χ1v) is 12.3. The zero-order chi connectivity index (χ0) is 23.9. The van der Waals surface area contributed by atoms with E-state index in [0.29, 0.717) is 18.7 Å². The van der Waals surface area contributed by atoms with Crippen molar-refractivity contribution < 1.29 is 9.90 Å². The Balaban J connectivity index is 1.36. The summed E-state index contributed by atoms with van der Waals surface area (Å²) in [7, 11) is 0. The highest BCUT2D eigenvalue weighted by atomic mass is 16.3. The lowest BCUT2D eigenvalue weighted by atomic mass is 9.87. The molecule has 3 aromatic heterocycles. The van der Waals surface area contributed by atoms with E-state index in [-0.39, 0.29) is 11.9 Å². The molecule has 2 aliphatic rings. The van der Waals surface area contributed by atoms with Gasteiger partial charge in [0.2, 0.25) is 0 Å². The zero-order valence-electron chi connectivity index (χ0n) is 19.8. The van der Waals surface area contributed by atoms with E-state index in [1.165, 1.54) is 22.3 Å². The Kier molecular flexibility index (Phi) is 5.59. The molecule has 2 aliphatic heterocycles. The largest absolute Gasteiger partial charge is 0.378 e. The number of hydrogen-bond donors (Lipinski definition) is 3. The van der Waals surface area contributed by atoms with Gasteiger partial charge in [0.15, 0.2) is 6.10 Å². The normalized spacial score (nSPS) is 18.6. The van der Waals surface area contributed by atoms with E-state index in [2.05, 4.69) is 45.4 Å². The van der Waals surface area contributed by atoms with Gasteiger partial charge in [0.25, 0.3) is 5.91 Å². The second-order valence-corrected chi connectivity index (χ2v) is 9.64. The molecule has 1 saturated heterocycles. The Morgan fingerprint density at radius 2 is 2.14 bits per heavy atom. The van der Waals surface area contributed by atoms with Gasteiger partial charge in [-0.05, 0) is 78.7 Å². The van der Waals surface area contributed by atoms with Crippen molar-refractivity contribution in [1.82, 2.24) is 25.2 Å². The lowest BCUT2D eigenvalue weighted by Gasteiger charge is -2.33. The van der Waals surface area contributed by atoms with Gasteiger partial charge >= 0.3 is 0 Å². The number of fused-ring (bicyclic) bond motifs is 2. The van der Waals surface area contributed by atoms with E-state index in [9.17, 15) is 9.90 Å². The fourth-order valence-corrected chi connectivity index (χ4v) is 5.46. The van der Waals surface area contributed by atoms with Gasteiger partial charge in [-0.2, -0.15) is 0 Å². The number of aryl methyl sites for hydroxylation is 1. The standard InChI is InChI=1S/C28H29N5O2/c1-17-13-31-27-22(17)12-21(15-32-27)20-10-18-6-9-33(28(35)26(34)19-4-2-7-29-14-19)16-24(18)23(11-20)25-5-3-8-30-25/h2,4,7,10-15,25-26,30,34H,3,5-6,8-9,16H2,1H3,(H,31,32)/t25-,26+/m0/s1. The van der Waals surface area contributed by atoms with Gasteiger partial charge in [-0.25, -0.2) is 4.98 Å². The number of aromatic amines is 1. The van der Waals surface area contributed by atoms with Crippen molar-refractivity contribution in [2.75, 3.05) is 13.1 Å². The molecule has 5 heterocycles. The number of amides is 1. The zero-order valence-corrected chi connectivity index (χ0v) is 19.8. The van der Waals surface area contributed by atoms with Crippen LogP contribution in [0.1, 0.15) is 52.8 Å². The van der Waals surface area contributed by atoms with Crippen LogP contribution in [0.4, 0.5) is 0 Å². The van der Waals surface area contributed by atoms with Crippen LogP contribution in [0.15, 0.2) is 55.1 Å². The highest BCUT2D eigenvalue weighted by Gasteiger charge is 2.31. The number of carbonyl (C=O) groups excluding carboxylic acids is 1. The van der Waals surface area contributed by atoms with Gasteiger partial charge in [0.1, 0.15) is 5.65 Å². The van der Waals surface area contributed by atoms with Crippen LogP contribution in [-0.2, 0) is 17.8 Å². The van der Waals surface area contributed by atoms with E-state index >= 15 is 0 Å². The summed E-state index contributed by atoms with van der Waals surface area (Å²) >= 11 is 0. The Labute approximate surface area is 204 Å². The number of carbonyl (C=O) groups is 1. The number of aliphatic hydroxyl groups is 1. The molecule has 7 heteroatoms. The molecule has 1 fully saturated rings. The van der Waals surface area contributed by atoms with Gasteiger partial charge in [-0.15, -0.1) is 0 Å². The summed E-state index contributed by atoms with van der Waals surface area (Å²) in [5, 5.41) is 15.5. The summed E-state index contributed by atoms with van der Waals surface area (Å²) in [4.78, 5) is 26.9.